The first-order valence-corrected chi connectivity index (χ1v) is 10.2. The lowest BCUT2D eigenvalue weighted by molar-refractivity contribution is 0.588. The molecule has 0 saturated carbocycles. The highest BCUT2D eigenvalue weighted by Crippen LogP contribution is 2.33. The van der Waals surface area contributed by atoms with Gasteiger partial charge >= 0.3 is 0 Å². The quantitative estimate of drug-likeness (QED) is 0.448. The van der Waals surface area contributed by atoms with Crippen LogP contribution in [0, 0.1) is 0 Å². The standard InChI is InChI=1S/C7H9BrNOP.C5H3Br2N/c1-11(2,10)7-4-3-6(8)5-9-7;6-4-1-2-5(7)8-3-4/h3-5H,1-2H3;1-3H. The van der Waals surface area contributed by atoms with E-state index in [1.54, 1.807) is 31.8 Å². The van der Waals surface area contributed by atoms with Crippen LogP contribution in [0.4, 0.5) is 0 Å². The molecule has 7 heteroatoms. The van der Waals surface area contributed by atoms with Crippen LogP contribution in [0.2, 0.25) is 0 Å². The van der Waals surface area contributed by atoms with Crippen molar-refractivity contribution >= 4 is 60.4 Å². The molecule has 2 rings (SSSR count). The van der Waals surface area contributed by atoms with E-state index in [1.807, 2.05) is 18.2 Å². The van der Waals surface area contributed by atoms with E-state index in [9.17, 15) is 4.57 Å². The molecular weight excluding hydrogens is 459 g/mol. The van der Waals surface area contributed by atoms with E-state index >= 15 is 0 Å². The monoisotopic (exact) mass is 468 g/mol. The first kappa shape index (κ1) is 17.0. The van der Waals surface area contributed by atoms with Crippen molar-refractivity contribution in [2.45, 2.75) is 0 Å². The van der Waals surface area contributed by atoms with Crippen LogP contribution in [0.5, 0.6) is 0 Å². The maximum atomic E-state index is 11.4. The Bertz CT molecular complexity index is 546. The maximum absolute atomic E-state index is 11.4. The first-order chi connectivity index (χ1) is 8.79. The van der Waals surface area contributed by atoms with Gasteiger partial charge in [0.1, 0.15) is 11.7 Å². The van der Waals surface area contributed by atoms with Crippen LogP contribution in [0.15, 0.2) is 50.2 Å². The largest absolute Gasteiger partial charge is 0.318 e. The molecule has 0 bridgehead atoms. The second-order valence-electron chi connectivity index (χ2n) is 3.98. The molecule has 0 fully saturated rings. The van der Waals surface area contributed by atoms with Crippen LogP contribution in [-0.4, -0.2) is 23.3 Å². The molecule has 0 unspecified atom stereocenters. The van der Waals surface area contributed by atoms with Crippen molar-refractivity contribution in [3.05, 3.63) is 50.2 Å². The molecule has 0 aliphatic heterocycles. The number of nitrogens with zero attached hydrogens (tertiary/aromatic N) is 2. The van der Waals surface area contributed by atoms with Crippen LogP contribution >= 0.6 is 54.9 Å². The molecule has 0 saturated heterocycles. The molecule has 0 radical (unpaired) electrons. The van der Waals surface area contributed by atoms with Gasteiger partial charge in [0, 0.05) is 21.3 Å². The fourth-order valence-corrected chi connectivity index (χ4v) is 2.52. The van der Waals surface area contributed by atoms with Crippen molar-refractivity contribution < 1.29 is 4.57 Å². The van der Waals surface area contributed by atoms with Crippen LogP contribution in [0.25, 0.3) is 0 Å². The van der Waals surface area contributed by atoms with Crippen LogP contribution in [-0.2, 0) is 4.57 Å². The van der Waals surface area contributed by atoms with E-state index in [1.165, 1.54) is 0 Å². The summed E-state index contributed by atoms with van der Waals surface area (Å²) in [5.74, 6) is 0. The molecule has 2 heterocycles. The van der Waals surface area contributed by atoms with Crippen LogP contribution in [0.3, 0.4) is 0 Å². The summed E-state index contributed by atoms with van der Waals surface area (Å²) >= 11 is 9.74. The fourth-order valence-electron chi connectivity index (χ4n) is 1.04. The molecule has 2 aromatic rings. The molecule has 0 N–H and O–H groups in total. The van der Waals surface area contributed by atoms with Gasteiger partial charge in [0.15, 0.2) is 0 Å². The van der Waals surface area contributed by atoms with Crippen molar-refractivity contribution in [3.63, 3.8) is 0 Å². The minimum absolute atomic E-state index is 0.681. The fraction of sp³-hybridized carbons (Fsp3) is 0.167. The molecule has 0 aromatic carbocycles. The molecule has 0 aliphatic carbocycles. The van der Waals surface area contributed by atoms with Gasteiger partial charge < -0.3 is 4.57 Å². The number of pyridine rings is 2. The van der Waals surface area contributed by atoms with Gasteiger partial charge in [-0.1, -0.05) is 0 Å². The summed E-state index contributed by atoms with van der Waals surface area (Å²) in [4.78, 5) is 7.99. The average molecular weight is 471 g/mol. The summed E-state index contributed by atoms with van der Waals surface area (Å²) in [6, 6.07) is 7.44. The Morgan fingerprint density at radius 2 is 1.42 bits per heavy atom. The van der Waals surface area contributed by atoms with E-state index in [4.69, 9.17) is 0 Å². The summed E-state index contributed by atoms with van der Waals surface area (Å²) in [5, 5.41) is 0. The summed E-state index contributed by atoms with van der Waals surface area (Å²) in [7, 11) is -2.17. The molecule has 0 spiro atoms. The minimum atomic E-state index is -2.17. The lowest BCUT2D eigenvalue weighted by Crippen LogP contribution is -2.06. The Balaban J connectivity index is 0.000000200. The lowest BCUT2D eigenvalue weighted by atomic mass is 10.5. The number of aromatic nitrogens is 2. The minimum Gasteiger partial charge on any atom is -0.318 e. The zero-order chi connectivity index (χ0) is 14.5. The number of hydrogen-bond acceptors (Lipinski definition) is 3. The molecule has 0 aliphatic rings. The van der Waals surface area contributed by atoms with Crippen molar-refractivity contribution in [3.8, 4) is 0 Å². The van der Waals surface area contributed by atoms with Gasteiger partial charge in [-0.2, -0.15) is 0 Å². The van der Waals surface area contributed by atoms with Gasteiger partial charge in [0.25, 0.3) is 0 Å². The lowest BCUT2D eigenvalue weighted by Gasteiger charge is -2.03. The van der Waals surface area contributed by atoms with E-state index in [-0.39, 0.29) is 0 Å². The predicted molar refractivity (Wildman–Crippen MR) is 90.7 cm³/mol. The Kier molecular flexibility index (Phi) is 6.87. The molecular formula is C12H12Br3N2OP. The van der Waals surface area contributed by atoms with Gasteiger partial charge in [-0.25, -0.2) is 4.98 Å². The van der Waals surface area contributed by atoms with E-state index in [0.717, 1.165) is 13.5 Å². The Labute approximate surface area is 138 Å². The number of rotatable bonds is 1. The summed E-state index contributed by atoms with van der Waals surface area (Å²) in [6.45, 7) is 3.42. The molecule has 3 nitrogen and oxygen atoms in total. The van der Waals surface area contributed by atoms with E-state index < -0.39 is 7.14 Å². The third-order valence-electron chi connectivity index (χ3n) is 1.95. The smallest absolute Gasteiger partial charge is 0.127 e. The second kappa shape index (κ2) is 7.67. The average Bonchev–Trinajstić information content (AvgIpc) is 2.33. The molecule has 19 heavy (non-hydrogen) atoms. The van der Waals surface area contributed by atoms with Crippen LogP contribution < -0.4 is 5.44 Å². The number of hydrogen-bond donors (Lipinski definition) is 0. The van der Waals surface area contributed by atoms with Crippen molar-refractivity contribution in [1.82, 2.24) is 9.97 Å². The third kappa shape index (κ3) is 6.80. The zero-order valence-electron chi connectivity index (χ0n) is 10.3. The highest BCUT2D eigenvalue weighted by Gasteiger charge is 2.11. The topological polar surface area (TPSA) is 42.9 Å². The van der Waals surface area contributed by atoms with E-state index in [0.29, 0.717) is 5.44 Å². The summed E-state index contributed by atoms with van der Waals surface area (Å²) in [5.41, 5.74) is 0.681. The second-order valence-corrected chi connectivity index (χ2v) is 9.79. The van der Waals surface area contributed by atoms with Gasteiger partial charge in [0.2, 0.25) is 0 Å². The van der Waals surface area contributed by atoms with Gasteiger partial charge in [-0.15, -0.1) is 0 Å². The van der Waals surface area contributed by atoms with Crippen molar-refractivity contribution in [1.29, 1.82) is 0 Å². The van der Waals surface area contributed by atoms with Crippen molar-refractivity contribution in [2.75, 3.05) is 13.3 Å². The molecule has 2 aromatic heterocycles. The Morgan fingerprint density at radius 1 is 0.895 bits per heavy atom. The number of halogens is 3. The zero-order valence-corrected chi connectivity index (χ0v) is 16.0. The van der Waals surface area contributed by atoms with Gasteiger partial charge in [-0.05, 0) is 85.4 Å². The normalized spacial score (nSPS) is 10.6. The Hall–Kier alpha value is -0.0300. The SMILES string of the molecule is Brc1ccc(Br)nc1.CP(C)(=O)c1ccc(Br)cn1. The molecule has 102 valence electrons. The predicted octanol–water partition coefficient (Wildman–Crippen LogP) is 4.70. The van der Waals surface area contributed by atoms with Crippen LogP contribution in [0.1, 0.15) is 0 Å². The van der Waals surface area contributed by atoms with Gasteiger partial charge in [-0.3, -0.25) is 4.98 Å². The third-order valence-corrected chi connectivity index (χ3v) is 4.73. The highest BCUT2D eigenvalue weighted by molar-refractivity contribution is 9.11. The molecule has 0 atom stereocenters. The van der Waals surface area contributed by atoms with Crippen molar-refractivity contribution in [2.24, 2.45) is 0 Å². The Morgan fingerprint density at radius 3 is 1.74 bits per heavy atom. The highest BCUT2D eigenvalue weighted by atomic mass is 79.9. The molecule has 0 amide bonds. The van der Waals surface area contributed by atoms with Gasteiger partial charge in [0.05, 0.1) is 5.44 Å². The maximum Gasteiger partial charge on any atom is 0.127 e. The summed E-state index contributed by atoms with van der Waals surface area (Å²) < 4.78 is 14.2. The summed E-state index contributed by atoms with van der Waals surface area (Å²) in [6.07, 6.45) is 3.40. The first-order valence-electron chi connectivity index (χ1n) is 5.23. The van der Waals surface area contributed by atoms with E-state index in [2.05, 4.69) is 57.8 Å².